The van der Waals surface area contributed by atoms with E-state index in [1.807, 2.05) is 0 Å². The summed E-state index contributed by atoms with van der Waals surface area (Å²) in [6.07, 6.45) is 4.97. The van der Waals surface area contributed by atoms with E-state index < -0.39 is 0 Å². The Morgan fingerprint density at radius 3 is 2.84 bits per heavy atom. The van der Waals surface area contributed by atoms with E-state index in [-0.39, 0.29) is 6.61 Å². The van der Waals surface area contributed by atoms with Gasteiger partial charge in [0.25, 0.3) is 0 Å². The van der Waals surface area contributed by atoms with E-state index in [1.54, 1.807) is 0 Å². The topological polar surface area (TPSA) is 35.5 Å². The fourth-order valence-corrected chi connectivity index (χ4v) is 3.04. The Balaban J connectivity index is 1.71. The van der Waals surface area contributed by atoms with E-state index in [9.17, 15) is 5.11 Å². The molecule has 1 atom stereocenters. The summed E-state index contributed by atoms with van der Waals surface area (Å²) in [5.41, 5.74) is 4.00. The number of benzene rings is 1. The van der Waals surface area contributed by atoms with E-state index in [0.717, 1.165) is 25.6 Å². The first-order valence-corrected chi connectivity index (χ1v) is 7.48. The molecule has 2 aliphatic rings. The standard InChI is InChI=1S/C16H24N2O/c1-12-9-13(10-17-14-5-6-14)4-7-16(12)18-8-2-3-15(18)11-19/h4,7,9,14-15,17,19H,2-3,5-6,8,10-11H2,1H3. The normalized spacial score (nSPS) is 23.1. The first-order valence-electron chi connectivity index (χ1n) is 7.48. The highest BCUT2D eigenvalue weighted by Crippen LogP contribution is 2.29. The van der Waals surface area contributed by atoms with Crippen LogP contribution in [0.2, 0.25) is 0 Å². The highest BCUT2D eigenvalue weighted by molar-refractivity contribution is 5.56. The molecule has 1 aliphatic heterocycles. The smallest absolute Gasteiger partial charge is 0.0635 e. The Labute approximate surface area is 115 Å². The molecule has 1 unspecified atom stereocenters. The van der Waals surface area contributed by atoms with Gasteiger partial charge in [-0.15, -0.1) is 0 Å². The first-order chi connectivity index (χ1) is 9.28. The quantitative estimate of drug-likeness (QED) is 0.852. The van der Waals surface area contributed by atoms with Crippen molar-refractivity contribution in [3.8, 4) is 0 Å². The SMILES string of the molecule is Cc1cc(CNC2CC2)ccc1N1CCCC1CO. The Morgan fingerprint density at radius 2 is 2.16 bits per heavy atom. The molecule has 0 bridgehead atoms. The van der Waals surface area contributed by atoms with Crippen LogP contribution in [0.3, 0.4) is 0 Å². The van der Waals surface area contributed by atoms with E-state index >= 15 is 0 Å². The number of nitrogens with zero attached hydrogens (tertiary/aromatic N) is 1. The number of hydrogen-bond acceptors (Lipinski definition) is 3. The molecule has 0 spiro atoms. The second-order valence-electron chi connectivity index (χ2n) is 5.95. The molecule has 3 rings (SSSR count). The Morgan fingerprint density at radius 1 is 1.32 bits per heavy atom. The summed E-state index contributed by atoms with van der Waals surface area (Å²) in [5, 5.41) is 13.0. The summed E-state index contributed by atoms with van der Waals surface area (Å²) in [6.45, 7) is 4.51. The van der Waals surface area contributed by atoms with Gasteiger partial charge in [0.2, 0.25) is 0 Å². The molecule has 1 saturated carbocycles. The molecule has 1 aromatic rings. The van der Waals surface area contributed by atoms with Crippen LogP contribution in [0.5, 0.6) is 0 Å². The second-order valence-corrected chi connectivity index (χ2v) is 5.95. The molecular formula is C16H24N2O. The molecule has 0 radical (unpaired) electrons. The number of aliphatic hydroxyl groups is 1. The van der Waals surface area contributed by atoms with Crippen LogP contribution < -0.4 is 10.2 Å². The summed E-state index contributed by atoms with van der Waals surface area (Å²) in [4.78, 5) is 2.37. The van der Waals surface area contributed by atoms with E-state index in [4.69, 9.17) is 0 Å². The van der Waals surface area contributed by atoms with Gasteiger partial charge in [-0.1, -0.05) is 12.1 Å². The predicted molar refractivity (Wildman–Crippen MR) is 78.5 cm³/mol. The van der Waals surface area contributed by atoms with Gasteiger partial charge in [-0.2, -0.15) is 0 Å². The van der Waals surface area contributed by atoms with Gasteiger partial charge in [-0.05, 0) is 49.8 Å². The Hall–Kier alpha value is -1.06. The molecule has 0 amide bonds. The number of nitrogens with one attached hydrogen (secondary N) is 1. The summed E-state index contributed by atoms with van der Waals surface area (Å²) in [7, 11) is 0. The van der Waals surface area contributed by atoms with Crippen molar-refractivity contribution in [3.63, 3.8) is 0 Å². The molecule has 1 aromatic carbocycles. The van der Waals surface area contributed by atoms with Crippen LogP contribution in [-0.4, -0.2) is 30.3 Å². The van der Waals surface area contributed by atoms with Gasteiger partial charge in [-0.3, -0.25) is 0 Å². The minimum Gasteiger partial charge on any atom is -0.394 e. The summed E-state index contributed by atoms with van der Waals surface area (Å²) in [5.74, 6) is 0. The lowest BCUT2D eigenvalue weighted by molar-refractivity contribution is 0.266. The average Bonchev–Trinajstić information content (AvgIpc) is 3.13. The zero-order valence-corrected chi connectivity index (χ0v) is 11.7. The maximum absolute atomic E-state index is 9.44. The maximum Gasteiger partial charge on any atom is 0.0635 e. The Bertz CT molecular complexity index is 442. The molecule has 1 saturated heterocycles. The van der Waals surface area contributed by atoms with Crippen molar-refractivity contribution in [2.24, 2.45) is 0 Å². The van der Waals surface area contributed by atoms with Crippen LogP contribution >= 0.6 is 0 Å². The van der Waals surface area contributed by atoms with Crippen LogP contribution in [-0.2, 0) is 6.54 Å². The summed E-state index contributed by atoms with van der Waals surface area (Å²) >= 11 is 0. The highest BCUT2D eigenvalue weighted by Gasteiger charge is 2.25. The van der Waals surface area contributed by atoms with Crippen LogP contribution in [0.25, 0.3) is 0 Å². The number of aliphatic hydroxyl groups excluding tert-OH is 1. The van der Waals surface area contributed by atoms with Crippen LogP contribution in [0.15, 0.2) is 18.2 Å². The van der Waals surface area contributed by atoms with Crippen molar-refractivity contribution < 1.29 is 5.11 Å². The zero-order valence-electron chi connectivity index (χ0n) is 11.7. The van der Waals surface area contributed by atoms with Gasteiger partial charge in [0.05, 0.1) is 12.6 Å². The lowest BCUT2D eigenvalue weighted by Crippen LogP contribution is -2.32. The third kappa shape index (κ3) is 2.93. The number of anilines is 1. The van der Waals surface area contributed by atoms with Gasteiger partial charge in [0.15, 0.2) is 0 Å². The number of aryl methyl sites for hydroxylation is 1. The molecule has 1 heterocycles. The molecule has 19 heavy (non-hydrogen) atoms. The van der Waals surface area contributed by atoms with Crippen LogP contribution in [0.1, 0.15) is 36.8 Å². The van der Waals surface area contributed by atoms with Crippen LogP contribution in [0.4, 0.5) is 5.69 Å². The van der Waals surface area contributed by atoms with Crippen molar-refractivity contribution in [2.45, 2.75) is 51.2 Å². The van der Waals surface area contributed by atoms with Crippen molar-refractivity contribution in [1.29, 1.82) is 0 Å². The second kappa shape index (κ2) is 5.51. The number of rotatable bonds is 5. The van der Waals surface area contributed by atoms with E-state index in [1.165, 1.54) is 36.1 Å². The molecule has 0 aromatic heterocycles. The maximum atomic E-state index is 9.44. The predicted octanol–water partition coefficient (Wildman–Crippen LogP) is 2.21. The molecule has 2 fully saturated rings. The highest BCUT2D eigenvalue weighted by atomic mass is 16.3. The van der Waals surface area contributed by atoms with Crippen molar-refractivity contribution >= 4 is 5.69 Å². The minimum absolute atomic E-state index is 0.268. The molecule has 104 valence electrons. The lowest BCUT2D eigenvalue weighted by atomic mass is 10.1. The molecule has 2 N–H and O–H groups in total. The van der Waals surface area contributed by atoms with Gasteiger partial charge in [0, 0.05) is 24.8 Å². The average molecular weight is 260 g/mol. The van der Waals surface area contributed by atoms with Gasteiger partial charge in [-0.25, -0.2) is 0 Å². The van der Waals surface area contributed by atoms with E-state index in [2.05, 4.69) is 35.3 Å². The van der Waals surface area contributed by atoms with Crippen molar-refractivity contribution in [3.05, 3.63) is 29.3 Å². The van der Waals surface area contributed by atoms with Gasteiger partial charge < -0.3 is 15.3 Å². The van der Waals surface area contributed by atoms with Gasteiger partial charge >= 0.3 is 0 Å². The van der Waals surface area contributed by atoms with Crippen molar-refractivity contribution in [2.75, 3.05) is 18.1 Å². The summed E-state index contributed by atoms with van der Waals surface area (Å²) in [6, 6.07) is 7.82. The fraction of sp³-hybridized carbons (Fsp3) is 0.625. The molecule has 1 aliphatic carbocycles. The largest absolute Gasteiger partial charge is 0.394 e. The third-order valence-electron chi connectivity index (χ3n) is 4.33. The van der Waals surface area contributed by atoms with Crippen molar-refractivity contribution in [1.82, 2.24) is 5.32 Å². The van der Waals surface area contributed by atoms with E-state index in [0.29, 0.717) is 6.04 Å². The fourth-order valence-electron chi connectivity index (χ4n) is 3.04. The Kier molecular flexibility index (Phi) is 3.76. The third-order valence-corrected chi connectivity index (χ3v) is 4.33. The molecule has 3 nitrogen and oxygen atoms in total. The first kappa shape index (κ1) is 12.9. The van der Waals surface area contributed by atoms with Gasteiger partial charge in [0.1, 0.15) is 0 Å². The minimum atomic E-state index is 0.268. The number of hydrogen-bond donors (Lipinski definition) is 2. The molecule has 3 heteroatoms. The lowest BCUT2D eigenvalue weighted by Gasteiger charge is -2.27. The molecular weight excluding hydrogens is 236 g/mol. The monoisotopic (exact) mass is 260 g/mol. The summed E-state index contributed by atoms with van der Waals surface area (Å²) < 4.78 is 0. The van der Waals surface area contributed by atoms with Crippen LogP contribution in [0, 0.1) is 6.92 Å². The zero-order chi connectivity index (χ0) is 13.2.